The summed E-state index contributed by atoms with van der Waals surface area (Å²) in [5.74, 6) is 0.823. The molecular formula is C32H39N3O5S3. The average molecular weight is 642 g/mol. The molecule has 0 radical (unpaired) electrons. The molecule has 4 rings (SSSR count). The third-order valence-electron chi connectivity index (χ3n) is 6.93. The summed E-state index contributed by atoms with van der Waals surface area (Å²) in [6.07, 6.45) is 7.89. The molecule has 230 valence electrons. The number of hydroxylamine groups is 1. The lowest BCUT2D eigenvalue weighted by atomic mass is 10.1. The van der Waals surface area contributed by atoms with Crippen LogP contribution in [-0.2, 0) is 27.7 Å². The minimum atomic E-state index is -4.07. The van der Waals surface area contributed by atoms with Crippen molar-refractivity contribution in [2.75, 3.05) is 12.4 Å². The van der Waals surface area contributed by atoms with Crippen LogP contribution in [0.3, 0.4) is 0 Å². The first-order chi connectivity index (χ1) is 20.9. The van der Waals surface area contributed by atoms with E-state index in [2.05, 4.69) is 28.8 Å². The minimum Gasteiger partial charge on any atom is -0.494 e. The summed E-state index contributed by atoms with van der Waals surface area (Å²) in [4.78, 5) is 17.1. The highest BCUT2D eigenvalue weighted by Crippen LogP contribution is 2.32. The normalized spacial score (nSPS) is 12.3. The van der Waals surface area contributed by atoms with Crippen LogP contribution >= 0.6 is 23.1 Å². The Bertz CT molecular complexity index is 1540. The molecule has 1 atom stereocenters. The Kier molecular flexibility index (Phi) is 12.8. The maximum atomic E-state index is 13.3. The van der Waals surface area contributed by atoms with Crippen molar-refractivity contribution in [3.8, 4) is 5.75 Å². The molecule has 0 bridgehead atoms. The monoisotopic (exact) mass is 641 g/mol. The molecule has 1 aromatic heterocycles. The summed E-state index contributed by atoms with van der Waals surface area (Å²) in [6, 6.07) is 20.9. The number of nitrogens with zero attached hydrogens (tertiary/aromatic N) is 1. The Morgan fingerprint density at radius 2 is 1.74 bits per heavy atom. The first kappa shape index (κ1) is 32.9. The van der Waals surface area contributed by atoms with Crippen LogP contribution < -0.4 is 14.9 Å². The van der Waals surface area contributed by atoms with Crippen LogP contribution in [-0.4, -0.2) is 42.9 Å². The van der Waals surface area contributed by atoms with Gasteiger partial charge >= 0.3 is 0 Å². The number of sulfonamides is 1. The molecule has 1 heterocycles. The molecule has 43 heavy (non-hydrogen) atoms. The summed E-state index contributed by atoms with van der Waals surface area (Å²) in [5, 5.41) is 9.31. The summed E-state index contributed by atoms with van der Waals surface area (Å²) in [5.41, 5.74) is 4.30. The predicted molar refractivity (Wildman–Crippen MR) is 174 cm³/mol. The number of carbonyl (C=O) groups is 1. The highest BCUT2D eigenvalue weighted by Gasteiger charge is 2.26. The average Bonchev–Trinajstić information content (AvgIpc) is 3.44. The number of amides is 1. The van der Waals surface area contributed by atoms with Crippen LogP contribution in [0.5, 0.6) is 5.75 Å². The number of unbranched alkanes of at least 4 members (excludes halogenated alkanes) is 4. The van der Waals surface area contributed by atoms with Gasteiger partial charge in [0.15, 0.2) is 4.34 Å². The van der Waals surface area contributed by atoms with Gasteiger partial charge in [-0.2, -0.15) is 4.72 Å². The van der Waals surface area contributed by atoms with Gasteiger partial charge in [-0.05, 0) is 67.1 Å². The Morgan fingerprint density at radius 1 is 0.977 bits per heavy atom. The van der Waals surface area contributed by atoms with E-state index >= 15 is 0 Å². The fourth-order valence-corrected chi connectivity index (χ4v) is 8.04. The van der Waals surface area contributed by atoms with E-state index in [1.807, 2.05) is 18.2 Å². The molecule has 11 heteroatoms. The molecule has 0 unspecified atom stereocenters. The van der Waals surface area contributed by atoms with Gasteiger partial charge in [0.05, 0.1) is 21.7 Å². The van der Waals surface area contributed by atoms with Crippen LogP contribution in [0.25, 0.3) is 10.2 Å². The third kappa shape index (κ3) is 10.3. The van der Waals surface area contributed by atoms with E-state index in [0.29, 0.717) is 17.9 Å². The second-order valence-electron chi connectivity index (χ2n) is 10.3. The van der Waals surface area contributed by atoms with Crippen LogP contribution in [0.2, 0.25) is 0 Å². The number of fused-ring (bicyclic) bond motifs is 1. The molecule has 3 N–H and O–H groups in total. The molecule has 0 saturated heterocycles. The summed E-state index contributed by atoms with van der Waals surface area (Å²) in [7, 11) is -4.07. The fourth-order valence-electron chi connectivity index (χ4n) is 4.57. The topological polar surface area (TPSA) is 118 Å². The number of ether oxygens (including phenoxy) is 1. The van der Waals surface area contributed by atoms with Crippen LogP contribution in [0, 0.1) is 0 Å². The van der Waals surface area contributed by atoms with Gasteiger partial charge in [0.25, 0.3) is 5.91 Å². The number of thiazole rings is 1. The standard InChI is InChI=1S/C32H39N3O5S3/c1-2-3-4-5-9-21-41-32-33-28-19-18-27(23-30(28)42-32)43(38,39)35-29(31(36)34-37)22-25-14-16-26(17-15-25)40-20-10-13-24-11-7-6-8-12-24/h6-8,11-12,14-19,23,29,35,37H,2-5,9-10,13,20-22H2,1H3,(H,34,36)/t29-/m1/s1. The Morgan fingerprint density at radius 3 is 2.49 bits per heavy atom. The molecule has 0 saturated carbocycles. The van der Waals surface area contributed by atoms with Gasteiger partial charge in [0.2, 0.25) is 10.0 Å². The fraction of sp³-hybridized carbons (Fsp3) is 0.375. The largest absolute Gasteiger partial charge is 0.494 e. The number of rotatable bonds is 18. The van der Waals surface area contributed by atoms with Gasteiger partial charge in [-0.15, -0.1) is 11.3 Å². The molecule has 0 spiro atoms. The summed E-state index contributed by atoms with van der Waals surface area (Å²) >= 11 is 3.16. The highest BCUT2D eigenvalue weighted by atomic mass is 32.2. The van der Waals surface area contributed by atoms with E-state index in [4.69, 9.17) is 4.74 Å². The van der Waals surface area contributed by atoms with Crippen molar-refractivity contribution in [2.24, 2.45) is 0 Å². The lowest BCUT2D eigenvalue weighted by Crippen LogP contribution is -2.47. The maximum absolute atomic E-state index is 13.3. The quantitative estimate of drug-likeness (QED) is 0.0475. The van der Waals surface area contributed by atoms with E-state index in [1.165, 1.54) is 48.6 Å². The zero-order valence-electron chi connectivity index (χ0n) is 24.3. The first-order valence-corrected chi connectivity index (χ1v) is 17.9. The van der Waals surface area contributed by atoms with Crippen molar-refractivity contribution in [3.05, 3.63) is 83.9 Å². The number of hydrogen-bond acceptors (Lipinski definition) is 8. The Hall–Kier alpha value is -2.96. The lowest BCUT2D eigenvalue weighted by Gasteiger charge is -2.17. The van der Waals surface area contributed by atoms with Gasteiger partial charge in [-0.1, -0.05) is 86.8 Å². The van der Waals surface area contributed by atoms with Crippen LogP contribution in [0.4, 0.5) is 0 Å². The molecule has 8 nitrogen and oxygen atoms in total. The number of aromatic nitrogens is 1. The molecule has 0 aliphatic carbocycles. The van der Waals surface area contributed by atoms with E-state index in [1.54, 1.807) is 53.6 Å². The molecule has 3 aromatic carbocycles. The second-order valence-corrected chi connectivity index (χ2v) is 14.4. The zero-order valence-corrected chi connectivity index (χ0v) is 26.8. The number of carbonyl (C=O) groups excluding carboxylic acids is 1. The van der Waals surface area contributed by atoms with Gasteiger partial charge in [0, 0.05) is 5.75 Å². The van der Waals surface area contributed by atoms with Crippen molar-refractivity contribution >= 4 is 49.2 Å². The van der Waals surface area contributed by atoms with Gasteiger partial charge < -0.3 is 4.74 Å². The second kappa shape index (κ2) is 16.8. The number of benzene rings is 3. The zero-order chi connectivity index (χ0) is 30.5. The minimum absolute atomic E-state index is 0.0368. The van der Waals surface area contributed by atoms with Gasteiger partial charge in [0.1, 0.15) is 11.8 Å². The molecule has 0 fully saturated rings. The Labute approximate surface area is 262 Å². The number of nitrogens with one attached hydrogen (secondary N) is 2. The molecule has 0 aliphatic heterocycles. The van der Waals surface area contributed by atoms with Crippen molar-refractivity contribution < 1.29 is 23.2 Å². The highest BCUT2D eigenvalue weighted by molar-refractivity contribution is 8.01. The maximum Gasteiger partial charge on any atom is 0.261 e. The molecular weight excluding hydrogens is 603 g/mol. The van der Waals surface area contributed by atoms with Crippen molar-refractivity contribution in [3.63, 3.8) is 0 Å². The predicted octanol–water partition coefficient (Wildman–Crippen LogP) is 6.77. The lowest BCUT2D eigenvalue weighted by molar-refractivity contribution is -0.130. The number of aryl methyl sites for hydroxylation is 1. The van der Waals surface area contributed by atoms with E-state index in [9.17, 15) is 18.4 Å². The Balaban J connectivity index is 1.33. The van der Waals surface area contributed by atoms with Crippen molar-refractivity contribution in [1.29, 1.82) is 0 Å². The SMILES string of the molecule is CCCCCCCSc1nc2ccc(S(=O)(=O)N[C@H](Cc3ccc(OCCCc4ccccc4)cc3)C(=O)NO)cc2s1. The first-order valence-electron chi connectivity index (χ1n) is 14.6. The van der Waals surface area contributed by atoms with E-state index in [0.717, 1.165) is 39.6 Å². The van der Waals surface area contributed by atoms with Crippen molar-refractivity contribution in [2.45, 2.75) is 73.6 Å². The van der Waals surface area contributed by atoms with Gasteiger partial charge in [-0.25, -0.2) is 18.9 Å². The third-order valence-corrected chi connectivity index (χ3v) is 10.6. The summed E-state index contributed by atoms with van der Waals surface area (Å²) < 4.78 is 36.6. The number of thioether (sulfide) groups is 1. The molecule has 0 aliphatic rings. The van der Waals surface area contributed by atoms with Crippen molar-refractivity contribution in [1.82, 2.24) is 15.2 Å². The van der Waals surface area contributed by atoms with Crippen LogP contribution in [0.1, 0.15) is 56.6 Å². The number of hydrogen-bond donors (Lipinski definition) is 3. The van der Waals surface area contributed by atoms with Crippen LogP contribution in [0.15, 0.2) is 82.0 Å². The van der Waals surface area contributed by atoms with E-state index in [-0.39, 0.29) is 11.3 Å². The molecule has 4 aromatic rings. The molecule has 1 amide bonds. The smallest absolute Gasteiger partial charge is 0.261 e. The summed E-state index contributed by atoms with van der Waals surface area (Å²) in [6.45, 7) is 2.76. The van der Waals surface area contributed by atoms with Gasteiger partial charge in [-0.3, -0.25) is 10.0 Å². The van der Waals surface area contributed by atoms with E-state index < -0.39 is 22.0 Å².